The summed E-state index contributed by atoms with van der Waals surface area (Å²) >= 11 is 0. The van der Waals surface area contributed by atoms with Crippen LogP contribution in [-0.2, 0) is 23.2 Å². The minimum absolute atomic E-state index is 0.0318. The van der Waals surface area contributed by atoms with Crippen molar-refractivity contribution in [1.29, 1.82) is 0 Å². The average Bonchev–Trinajstić information content (AvgIpc) is 3.12. The fourth-order valence-electron chi connectivity index (χ4n) is 2.93. The van der Waals surface area contributed by atoms with Crippen LogP contribution in [0, 0.1) is 5.82 Å². The predicted octanol–water partition coefficient (Wildman–Crippen LogP) is 3.92. The summed E-state index contributed by atoms with van der Waals surface area (Å²) < 4.78 is 81.3. The summed E-state index contributed by atoms with van der Waals surface area (Å²) in [7, 11) is 0.708. The number of hydrogen-bond acceptors (Lipinski definition) is 4. The third-order valence-corrected chi connectivity index (χ3v) is 5.94. The van der Waals surface area contributed by atoms with Gasteiger partial charge in [-0.2, -0.15) is 13.2 Å². The highest BCUT2D eigenvalue weighted by atomic mass is 32.2. The van der Waals surface area contributed by atoms with Gasteiger partial charge in [-0.3, -0.25) is 0 Å². The zero-order valence-corrected chi connectivity index (χ0v) is 17.0. The van der Waals surface area contributed by atoms with E-state index in [1.54, 1.807) is 17.8 Å². The molecule has 30 heavy (non-hydrogen) atoms. The van der Waals surface area contributed by atoms with E-state index >= 15 is 0 Å². The molecule has 160 valence electrons. The van der Waals surface area contributed by atoms with Gasteiger partial charge in [0.2, 0.25) is 10.0 Å². The number of nitrogens with zero attached hydrogens (tertiary/aromatic N) is 3. The van der Waals surface area contributed by atoms with Crippen molar-refractivity contribution in [3.05, 3.63) is 60.3 Å². The second kappa shape index (κ2) is 7.73. The molecule has 6 nitrogen and oxygen atoms in total. The van der Waals surface area contributed by atoms with Crippen LogP contribution < -0.4 is 9.62 Å². The van der Waals surface area contributed by atoms with Crippen LogP contribution in [0.25, 0.3) is 11.3 Å². The van der Waals surface area contributed by atoms with Gasteiger partial charge in [0.1, 0.15) is 5.82 Å². The van der Waals surface area contributed by atoms with Gasteiger partial charge in [0.25, 0.3) is 0 Å². The highest BCUT2D eigenvalue weighted by Gasteiger charge is 2.31. The van der Waals surface area contributed by atoms with Crippen molar-refractivity contribution in [2.45, 2.75) is 11.1 Å². The number of halogens is 4. The molecule has 0 bridgehead atoms. The van der Waals surface area contributed by atoms with E-state index in [1.807, 2.05) is 0 Å². The topological polar surface area (TPSA) is 67.2 Å². The number of aromatic nitrogens is 2. The summed E-state index contributed by atoms with van der Waals surface area (Å²) in [5, 5.41) is 0. The first-order valence-corrected chi connectivity index (χ1v) is 10.1. The Morgan fingerprint density at radius 3 is 2.30 bits per heavy atom. The Bertz CT molecular complexity index is 1190. The van der Waals surface area contributed by atoms with Crippen LogP contribution in [0.3, 0.4) is 0 Å². The Morgan fingerprint density at radius 1 is 1.10 bits per heavy atom. The lowest BCUT2D eigenvalue weighted by atomic mass is 10.1. The van der Waals surface area contributed by atoms with E-state index in [0.717, 1.165) is 12.1 Å². The maximum atomic E-state index is 14.5. The zero-order chi connectivity index (χ0) is 22.3. The summed E-state index contributed by atoms with van der Waals surface area (Å²) in [5.41, 5.74) is -0.0575. The van der Waals surface area contributed by atoms with Crippen molar-refractivity contribution < 1.29 is 26.0 Å². The lowest BCUT2D eigenvalue weighted by Gasteiger charge is -2.24. The maximum Gasteiger partial charge on any atom is 0.416 e. The molecular formula is C19H18F4N4O2S. The second-order valence-electron chi connectivity index (χ2n) is 6.53. The minimum Gasteiger partial charge on any atom is -0.342 e. The molecule has 2 aromatic carbocycles. The van der Waals surface area contributed by atoms with Crippen LogP contribution in [0.4, 0.5) is 28.9 Å². The number of anilines is 2. The molecule has 1 N–H and O–H groups in total. The summed E-state index contributed by atoms with van der Waals surface area (Å²) in [6.07, 6.45) is -1.51. The van der Waals surface area contributed by atoms with E-state index < -0.39 is 27.6 Å². The number of aryl methyl sites for hydroxylation is 1. The number of benzene rings is 2. The van der Waals surface area contributed by atoms with Gasteiger partial charge in [0.15, 0.2) is 0 Å². The Morgan fingerprint density at radius 2 is 1.77 bits per heavy atom. The van der Waals surface area contributed by atoms with E-state index in [2.05, 4.69) is 9.71 Å². The van der Waals surface area contributed by atoms with Gasteiger partial charge < -0.3 is 9.47 Å². The monoisotopic (exact) mass is 442 g/mol. The highest BCUT2D eigenvalue weighted by molar-refractivity contribution is 7.89. The van der Waals surface area contributed by atoms with E-state index in [-0.39, 0.29) is 10.6 Å². The van der Waals surface area contributed by atoms with Crippen LogP contribution in [0.1, 0.15) is 5.56 Å². The Balaban J connectivity index is 2.15. The van der Waals surface area contributed by atoms with Crippen LogP contribution >= 0.6 is 0 Å². The van der Waals surface area contributed by atoms with Crippen molar-refractivity contribution in [1.82, 2.24) is 14.3 Å². The molecule has 0 aliphatic heterocycles. The molecule has 0 unspecified atom stereocenters. The van der Waals surface area contributed by atoms with Crippen molar-refractivity contribution >= 4 is 21.4 Å². The van der Waals surface area contributed by atoms with E-state index in [0.29, 0.717) is 23.0 Å². The number of rotatable bonds is 5. The largest absolute Gasteiger partial charge is 0.416 e. The molecule has 0 spiro atoms. The van der Waals surface area contributed by atoms with Gasteiger partial charge in [-0.15, -0.1) is 0 Å². The lowest BCUT2D eigenvalue weighted by molar-refractivity contribution is -0.137. The maximum absolute atomic E-state index is 14.5. The van der Waals surface area contributed by atoms with Crippen LogP contribution in [0.2, 0.25) is 0 Å². The molecular weight excluding hydrogens is 424 g/mol. The molecule has 11 heteroatoms. The van der Waals surface area contributed by atoms with E-state index in [9.17, 15) is 26.0 Å². The second-order valence-corrected chi connectivity index (χ2v) is 8.42. The van der Waals surface area contributed by atoms with Crippen molar-refractivity contribution in [2.75, 3.05) is 19.0 Å². The summed E-state index contributed by atoms with van der Waals surface area (Å²) in [4.78, 5) is 5.53. The van der Waals surface area contributed by atoms with Gasteiger partial charge in [-0.1, -0.05) is 0 Å². The van der Waals surface area contributed by atoms with Crippen molar-refractivity contribution in [3.8, 4) is 11.3 Å². The van der Waals surface area contributed by atoms with Crippen LogP contribution in [-0.4, -0.2) is 32.1 Å². The third kappa shape index (κ3) is 4.17. The molecule has 0 fully saturated rings. The summed E-state index contributed by atoms with van der Waals surface area (Å²) in [6, 6.07) is 6.39. The van der Waals surface area contributed by atoms with Crippen molar-refractivity contribution in [3.63, 3.8) is 0 Å². The fourth-order valence-corrected chi connectivity index (χ4v) is 3.69. The predicted molar refractivity (Wildman–Crippen MR) is 104 cm³/mol. The molecule has 3 aromatic rings. The summed E-state index contributed by atoms with van der Waals surface area (Å²) in [6.45, 7) is 0. The van der Waals surface area contributed by atoms with Gasteiger partial charge >= 0.3 is 6.18 Å². The molecule has 0 saturated carbocycles. The smallest absolute Gasteiger partial charge is 0.342 e. The first kappa shape index (κ1) is 21.8. The average molecular weight is 442 g/mol. The highest BCUT2D eigenvalue weighted by Crippen LogP contribution is 2.38. The van der Waals surface area contributed by atoms with Crippen LogP contribution in [0.5, 0.6) is 0 Å². The Hall–Kier alpha value is -2.92. The van der Waals surface area contributed by atoms with Crippen LogP contribution in [0.15, 0.2) is 53.8 Å². The quantitative estimate of drug-likeness (QED) is 0.609. The third-order valence-electron chi connectivity index (χ3n) is 4.53. The molecule has 1 heterocycles. The molecule has 0 aliphatic carbocycles. The number of imidazole rings is 1. The van der Waals surface area contributed by atoms with Crippen molar-refractivity contribution in [2.24, 2.45) is 7.05 Å². The zero-order valence-electron chi connectivity index (χ0n) is 16.2. The number of sulfonamides is 1. The first-order valence-electron chi connectivity index (χ1n) is 8.60. The van der Waals surface area contributed by atoms with Gasteiger partial charge in [-0.05, 0) is 43.4 Å². The molecule has 3 rings (SSSR count). The number of nitrogens with one attached hydrogen (secondary N) is 1. The molecule has 0 amide bonds. The molecule has 0 aliphatic rings. The molecule has 1 aromatic heterocycles. The van der Waals surface area contributed by atoms with Gasteiger partial charge in [-0.25, -0.2) is 22.5 Å². The first-order chi connectivity index (χ1) is 13.9. The lowest BCUT2D eigenvalue weighted by Crippen LogP contribution is -2.19. The van der Waals surface area contributed by atoms with E-state index in [4.69, 9.17) is 0 Å². The summed E-state index contributed by atoms with van der Waals surface area (Å²) in [5.74, 6) is -1.06. The Kier molecular flexibility index (Phi) is 5.61. The van der Waals surface area contributed by atoms with E-state index in [1.165, 1.54) is 43.5 Å². The number of alkyl halides is 3. The SMILES string of the molecule is CNS(=O)(=O)c1ccc(N(C)c2ccc(C(F)(F)F)cc2F)c(-c2cn(C)cn2)c1. The standard InChI is InChI=1S/C19H18F4N4O2S/c1-24-30(28,29)13-5-7-17(14(9-13)16-10-26(2)11-25-16)27(3)18-6-4-12(8-15(18)20)19(21,22)23/h4-11,24H,1-3H3. The Labute approximate surface area is 170 Å². The normalized spacial score (nSPS) is 12.2. The number of hydrogen-bond donors (Lipinski definition) is 1. The molecule has 0 radical (unpaired) electrons. The van der Waals surface area contributed by atoms with Gasteiger partial charge in [0.05, 0.1) is 33.9 Å². The van der Waals surface area contributed by atoms with Gasteiger partial charge in [0, 0.05) is 25.9 Å². The minimum atomic E-state index is -4.67. The molecule has 0 atom stereocenters. The molecule has 0 saturated heterocycles. The fraction of sp³-hybridized carbons (Fsp3) is 0.211.